The van der Waals surface area contributed by atoms with E-state index in [0.717, 1.165) is 35.1 Å². The standard InChI is InChI=1S/C27H44N4O2/c32-28-24-20-4-6-22(16-20)26(24)30-12-8-18(9-13-30)2-1-3-19-10-14-31(15-11-19)27-23-7-5-21(17-23)25(27)29-33/h18-23,26-27,32-33H,1-17H2/b28-24-,29-25+/t20-,21-,22-,23-,26+,27+/m0/s1. The SMILES string of the molecule is O/N=C1/[C@H]2CC[C@@H](C2)[C@H]1N1CCC(CCCC2CCN([C@H]3/C(=N/O)[C@H]4CC[C@H]3C4)CC2)CC1. The summed E-state index contributed by atoms with van der Waals surface area (Å²) in [6.07, 6.45) is 17.2. The Balaban J connectivity index is 0.904. The highest BCUT2D eigenvalue weighted by atomic mass is 16.4. The number of hydrogen-bond donors (Lipinski definition) is 2. The molecule has 0 unspecified atom stereocenters. The summed E-state index contributed by atoms with van der Waals surface area (Å²) in [6, 6.07) is 0.901. The third-order valence-electron chi connectivity index (χ3n) is 10.8. The smallest absolute Gasteiger partial charge is 0.0775 e. The first kappa shape index (κ1) is 22.3. The van der Waals surface area contributed by atoms with Crippen molar-refractivity contribution in [3.8, 4) is 0 Å². The second-order valence-electron chi connectivity index (χ2n) is 12.4. The molecule has 0 amide bonds. The fraction of sp³-hybridized carbons (Fsp3) is 0.926. The van der Waals surface area contributed by atoms with Gasteiger partial charge in [0.25, 0.3) is 0 Å². The summed E-state index contributed by atoms with van der Waals surface area (Å²) < 4.78 is 0. The van der Waals surface area contributed by atoms with E-state index in [0.29, 0.717) is 23.9 Å². The molecule has 6 aliphatic rings. The van der Waals surface area contributed by atoms with Gasteiger partial charge in [-0.3, -0.25) is 9.80 Å². The van der Waals surface area contributed by atoms with E-state index >= 15 is 0 Å². The van der Waals surface area contributed by atoms with Gasteiger partial charge in [0.15, 0.2) is 0 Å². The van der Waals surface area contributed by atoms with Gasteiger partial charge in [-0.15, -0.1) is 0 Å². The lowest BCUT2D eigenvalue weighted by molar-refractivity contribution is 0.119. The molecule has 4 aliphatic carbocycles. The van der Waals surface area contributed by atoms with Crippen molar-refractivity contribution in [3.05, 3.63) is 0 Å². The molecule has 0 aromatic carbocycles. The van der Waals surface area contributed by atoms with Gasteiger partial charge in [0.1, 0.15) is 0 Å². The summed E-state index contributed by atoms with van der Waals surface area (Å²) in [6.45, 7) is 4.81. The monoisotopic (exact) mass is 456 g/mol. The second kappa shape index (κ2) is 9.49. The van der Waals surface area contributed by atoms with Crippen LogP contribution < -0.4 is 0 Å². The topological polar surface area (TPSA) is 71.7 Å². The van der Waals surface area contributed by atoms with Crippen molar-refractivity contribution in [2.75, 3.05) is 26.2 Å². The number of rotatable bonds is 6. The average Bonchev–Trinajstić information content (AvgIpc) is 3.65. The van der Waals surface area contributed by atoms with Gasteiger partial charge in [-0.2, -0.15) is 0 Å². The molecule has 4 bridgehead atoms. The predicted molar refractivity (Wildman–Crippen MR) is 130 cm³/mol. The summed E-state index contributed by atoms with van der Waals surface area (Å²) in [7, 11) is 0. The minimum Gasteiger partial charge on any atom is -0.411 e. The van der Waals surface area contributed by atoms with Crippen LogP contribution in [0.1, 0.15) is 83.5 Å². The Bertz CT molecular complexity index is 691. The molecule has 6 heteroatoms. The van der Waals surface area contributed by atoms with Gasteiger partial charge in [0.2, 0.25) is 0 Å². The Labute approximate surface area is 199 Å². The fourth-order valence-corrected chi connectivity index (χ4v) is 9.10. The molecule has 6 nitrogen and oxygen atoms in total. The van der Waals surface area contributed by atoms with Crippen molar-refractivity contribution in [1.82, 2.24) is 9.80 Å². The van der Waals surface area contributed by atoms with Crippen LogP contribution in [0.2, 0.25) is 0 Å². The second-order valence-corrected chi connectivity index (χ2v) is 12.4. The summed E-state index contributed by atoms with van der Waals surface area (Å²) >= 11 is 0. The average molecular weight is 457 g/mol. The molecule has 2 heterocycles. The van der Waals surface area contributed by atoms with Crippen molar-refractivity contribution in [1.29, 1.82) is 0 Å². The molecular formula is C27H44N4O2. The van der Waals surface area contributed by atoms with E-state index < -0.39 is 0 Å². The molecule has 0 radical (unpaired) electrons. The minimum atomic E-state index is 0.450. The predicted octanol–water partition coefficient (Wildman–Crippen LogP) is 4.84. The van der Waals surface area contributed by atoms with Gasteiger partial charge in [0, 0.05) is 11.8 Å². The van der Waals surface area contributed by atoms with Crippen molar-refractivity contribution < 1.29 is 10.4 Å². The minimum absolute atomic E-state index is 0.450. The first-order valence-corrected chi connectivity index (χ1v) is 14.2. The zero-order chi connectivity index (χ0) is 22.4. The third kappa shape index (κ3) is 4.13. The lowest BCUT2D eigenvalue weighted by atomic mass is 9.84. The number of oxime groups is 2. The first-order chi connectivity index (χ1) is 16.2. The molecule has 6 fully saturated rings. The molecular weight excluding hydrogens is 412 g/mol. The Kier molecular flexibility index (Phi) is 6.42. The van der Waals surface area contributed by atoms with Crippen LogP contribution in [0.5, 0.6) is 0 Å². The number of nitrogens with zero attached hydrogens (tertiary/aromatic N) is 4. The molecule has 6 atom stereocenters. The van der Waals surface area contributed by atoms with Crippen LogP contribution in [0.25, 0.3) is 0 Å². The van der Waals surface area contributed by atoms with Crippen LogP contribution in [0, 0.1) is 35.5 Å². The Hall–Kier alpha value is -1.14. The molecule has 2 N–H and O–H groups in total. The maximum atomic E-state index is 9.55. The molecule has 6 rings (SSSR count). The maximum absolute atomic E-state index is 9.55. The first-order valence-electron chi connectivity index (χ1n) is 14.2. The molecule has 184 valence electrons. The Morgan fingerprint density at radius 2 is 1.03 bits per heavy atom. The largest absolute Gasteiger partial charge is 0.411 e. The van der Waals surface area contributed by atoms with Crippen molar-refractivity contribution in [3.63, 3.8) is 0 Å². The van der Waals surface area contributed by atoms with E-state index in [2.05, 4.69) is 20.1 Å². The van der Waals surface area contributed by atoms with Crippen LogP contribution in [0.15, 0.2) is 10.3 Å². The maximum Gasteiger partial charge on any atom is 0.0775 e. The quantitative estimate of drug-likeness (QED) is 0.443. The van der Waals surface area contributed by atoms with Crippen molar-refractivity contribution in [2.45, 2.75) is 95.6 Å². The summed E-state index contributed by atoms with van der Waals surface area (Å²) in [5.41, 5.74) is 2.22. The van der Waals surface area contributed by atoms with Gasteiger partial charge in [-0.05, 0) is 114 Å². The van der Waals surface area contributed by atoms with Crippen molar-refractivity contribution >= 4 is 11.4 Å². The fourth-order valence-electron chi connectivity index (χ4n) is 9.10. The summed E-state index contributed by atoms with van der Waals surface area (Å²) in [5.74, 6) is 4.43. The van der Waals surface area contributed by atoms with Crippen LogP contribution in [-0.2, 0) is 0 Å². The lowest BCUT2D eigenvalue weighted by Crippen LogP contribution is -2.48. The molecule has 0 spiro atoms. The number of piperidine rings is 2. The van der Waals surface area contributed by atoms with Crippen LogP contribution in [0.4, 0.5) is 0 Å². The number of likely N-dealkylation sites (tertiary alicyclic amines) is 2. The van der Waals surface area contributed by atoms with Crippen molar-refractivity contribution in [2.24, 2.45) is 45.8 Å². The van der Waals surface area contributed by atoms with Crippen LogP contribution >= 0.6 is 0 Å². The molecule has 2 saturated heterocycles. The van der Waals surface area contributed by atoms with E-state index in [-0.39, 0.29) is 0 Å². The highest BCUT2D eigenvalue weighted by Gasteiger charge is 2.49. The van der Waals surface area contributed by atoms with Gasteiger partial charge >= 0.3 is 0 Å². The normalized spacial score (nSPS) is 42.9. The summed E-state index contributed by atoms with van der Waals surface area (Å²) in [4.78, 5) is 5.31. The molecule has 4 saturated carbocycles. The van der Waals surface area contributed by atoms with E-state index in [1.165, 1.54) is 110 Å². The summed E-state index contributed by atoms with van der Waals surface area (Å²) in [5, 5.41) is 26.6. The Morgan fingerprint density at radius 1 is 0.606 bits per heavy atom. The van der Waals surface area contributed by atoms with E-state index in [4.69, 9.17) is 0 Å². The zero-order valence-electron chi connectivity index (χ0n) is 20.3. The van der Waals surface area contributed by atoms with Gasteiger partial charge in [0.05, 0.1) is 23.5 Å². The highest BCUT2D eigenvalue weighted by Crippen LogP contribution is 2.47. The zero-order valence-corrected chi connectivity index (χ0v) is 20.3. The highest BCUT2D eigenvalue weighted by molar-refractivity contribution is 5.95. The molecule has 0 aromatic rings. The van der Waals surface area contributed by atoms with Gasteiger partial charge < -0.3 is 10.4 Å². The third-order valence-corrected chi connectivity index (χ3v) is 10.8. The number of fused-ring (bicyclic) bond motifs is 4. The molecule has 2 aliphatic heterocycles. The molecule has 0 aromatic heterocycles. The lowest BCUT2D eigenvalue weighted by Gasteiger charge is -2.40. The van der Waals surface area contributed by atoms with E-state index in [9.17, 15) is 10.4 Å². The van der Waals surface area contributed by atoms with Crippen LogP contribution in [0.3, 0.4) is 0 Å². The molecule has 33 heavy (non-hydrogen) atoms. The van der Waals surface area contributed by atoms with Gasteiger partial charge in [-0.25, -0.2) is 0 Å². The van der Waals surface area contributed by atoms with E-state index in [1.54, 1.807) is 0 Å². The van der Waals surface area contributed by atoms with E-state index in [1.807, 2.05) is 0 Å². The number of hydrogen-bond acceptors (Lipinski definition) is 6. The van der Waals surface area contributed by atoms with Gasteiger partial charge in [-0.1, -0.05) is 29.6 Å². The Morgan fingerprint density at radius 3 is 1.42 bits per heavy atom. The van der Waals surface area contributed by atoms with Crippen LogP contribution in [-0.4, -0.2) is 69.9 Å².